The van der Waals surface area contributed by atoms with Crippen LogP contribution >= 0.6 is 11.8 Å². The Kier molecular flexibility index (Phi) is 4.27. The molecule has 20 heavy (non-hydrogen) atoms. The molecule has 0 unspecified atom stereocenters. The molecule has 6 heteroatoms. The summed E-state index contributed by atoms with van der Waals surface area (Å²) in [4.78, 5) is 12.8. The second-order valence-electron chi connectivity index (χ2n) is 4.13. The maximum Gasteiger partial charge on any atom is 0.294 e. The SMILES string of the molecule is CC(=O)c1ccc(Sc2ccc(S(=O)(=O)O)cc2)cc1. The van der Waals surface area contributed by atoms with Crippen LogP contribution < -0.4 is 0 Å². The van der Waals surface area contributed by atoms with E-state index in [1.165, 1.54) is 30.8 Å². The number of Topliss-reactive ketones (excluding diaryl/α,β-unsaturated/α-hetero) is 1. The van der Waals surface area contributed by atoms with Crippen molar-refractivity contribution in [2.75, 3.05) is 0 Å². The molecule has 4 nitrogen and oxygen atoms in total. The second-order valence-corrected chi connectivity index (χ2v) is 6.70. The Bertz CT molecular complexity index is 717. The highest BCUT2D eigenvalue weighted by Gasteiger charge is 2.08. The third kappa shape index (κ3) is 3.69. The summed E-state index contributed by atoms with van der Waals surface area (Å²) in [7, 11) is -4.15. The van der Waals surface area contributed by atoms with E-state index >= 15 is 0 Å². The molecule has 0 saturated carbocycles. The van der Waals surface area contributed by atoms with E-state index in [1.807, 2.05) is 12.1 Å². The lowest BCUT2D eigenvalue weighted by Crippen LogP contribution is -1.96. The van der Waals surface area contributed by atoms with Gasteiger partial charge in [-0.1, -0.05) is 23.9 Å². The van der Waals surface area contributed by atoms with Crippen molar-refractivity contribution in [3.05, 3.63) is 54.1 Å². The number of ketones is 1. The minimum atomic E-state index is -4.15. The zero-order chi connectivity index (χ0) is 14.8. The van der Waals surface area contributed by atoms with E-state index in [0.29, 0.717) is 5.56 Å². The first-order chi connectivity index (χ1) is 9.36. The Morgan fingerprint density at radius 3 is 1.80 bits per heavy atom. The first-order valence-electron chi connectivity index (χ1n) is 5.73. The van der Waals surface area contributed by atoms with Crippen LogP contribution in [-0.2, 0) is 10.1 Å². The van der Waals surface area contributed by atoms with Crippen molar-refractivity contribution < 1.29 is 17.8 Å². The molecule has 0 aliphatic heterocycles. The van der Waals surface area contributed by atoms with Crippen molar-refractivity contribution in [2.24, 2.45) is 0 Å². The third-order valence-corrected chi connectivity index (χ3v) is 4.50. The van der Waals surface area contributed by atoms with Crippen molar-refractivity contribution >= 4 is 27.7 Å². The van der Waals surface area contributed by atoms with E-state index in [9.17, 15) is 13.2 Å². The maximum absolute atomic E-state index is 11.2. The van der Waals surface area contributed by atoms with Gasteiger partial charge in [0.2, 0.25) is 0 Å². The lowest BCUT2D eigenvalue weighted by atomic mass is 10.2. The molecule has 0 bridgehead atoms. The number of carbonyl (C=O) groups excluding carboxylic acids is 1. The molecule has 0 radical (unpaired) electrons. The quantitative estimate of drug-likeness (QED) is 0.693. The first kappa shape index (κ1) is 14.8. The second kappa shape index (κ2) is 5.78. The fourth-order valence-electron chi connectivity index (χ4n) is 1.57. The standard InChI is InChI=1S/C14H12O4S2/c1-10(15)11-2-4-12(5-3-11)19-13-6-8-14(9-7-13)20(16,17)18/h2-9H,1H3,(H,16,17,18). The lowest BCUT2D eigenvalue weighted by molar-refractivity contribution is 0.101. The van der Waals surface area contributed by atoms with E-state index in [2.05, 4.69) is 0 Å². The van der Waals surface area contributed by atoms with Gasteiger partial charge in [-0.15, -0.1) is 0 Å². The molecular weight excluding hydrogens is 296 g/mol. The largest absolute Gasteiger partial charge is 0.295 e. The molecule has 1 N–H and O–H groups in total. The van der Waals surface area contributed by atoms with Gasteiger partial charge < -0.3 is 0 Å². The monoisotopic (exact) mass is 308 g/mol. The van der Waals surface area contributed by atoms with Gasteiger partial charge in [0.05, 0.1) is 4.90 Å². The minimum absolute atomic E-state index is 0.0130. The molecule has 0 amide bonds. The smallest absolute Gasteiger partial charge is 0.294 e. The highest BCUT2D eigenvalue weighted by molar-refractivity contribution is 7.99. The molecule has 0 fully saturated rings. The number of hydrogen-bond acceptors (Lipinski definition) is 4. The molecule has 0 spiro atoms. The van der Waals surface area contributed by atoms with Crippen LogP contribution in [0.3, 0.4) is 0 Å². The van der Waals surface area contributed by atoms with Crippen LogP contribution in [0, 0.1) is 0 Å². The predicted octanol–water partition coefficient (Wildman–Crippen LogP) is 3.29. The molecule has 0 aliphatic rings. The average Bonchev–Trinajstić information content (AvgIpc) is 2.39. The van der Waals surface area contributed by atoms with Crippen molar-refractivity contribution in [1.29, 1.82) is 0 Å². The van der Waals surface area contributed by atoms with E-state index in [1.54, 1.807) is 24.3 Å². The third-order valence-electron chi connectivity index (χ3n) is 2.62. The highest BCUT2D eigenvalue weighted by Crippen LogP contribution is 2.28. The summed E-state index contributed by atoms with van der Waals surface area (Å²) >= 11 is 1.44. The van der Waals surface area contributed by atoms with E-state index in [4.69, 9.17) is 4.55 Å². The van der Waals surface area contributed by atoms with E-state index in [0.717, 1.165) is 9.79 Å². The molecule has 104 valence electrons. The van der Waals surface area contributed by atoms with Crippen molar-refractivity contribution in [1.82, 2.24) is 0 Å². The van der Waals surface area contributed by atoms with E-state index in [-0.39, 0.29) is 10.7 Å². The summed E-state index contributed by atoms with van der Waals surface area (Å²) in [6.45, 7) is 1.51. The molecule has 2 rings (SSSR count). The van der Waals surface area contributed by atoms with Gasteiger partial charge in [0, 0.05) is 15.4 Å². The zero-order valence-corrected chi connectivity index (χ0v) is 12.2. The molecular formula is C14H12O4S2. The van der Waals surface area contributed by atoms with Crippen LogP contribution in [0.15, 0.2) is 63.2 Å². The van der Waals surface area contributed by atoms with Crippen LogP contribution in [0.25, 0.3) is 0 Å². The van der Waals surface area contributed by atoms with Gasteiger partial charge in [-0.2, -0.15) is 8.42 Å². The van der Waals surface area contributed by atoms with Gasteiger partial charge in [-0.05, 0) is 43.3 Å². The van der Waals surface area contributed by atoms with Crippen molar-refractivity contribution in [3.8, 4) is 0 Å². The van der Waals surface area contributed by atoms with E-state index < -0.39 is 10.1 Å². The van der Waals surface area contributed by atoms with Crippen molar-refractivity contribution in [3.63, 3.8) is 0 Å². The van der Waals surface area contributed by atoms with Crippen LogP contribution in [0.2, 0.25) is 0 Å². The molecule has 2 aromatic carbocycles. The van der Waals surface area contributed by atoms with Crippen LogP contribution in [0.4, 0.5) is 0 Å². The Labute approximate surface area is 121 Å². The Morgan fingerprint density at radius 1 is 0.950 bits per heavy atom. The summed E-state index contributed by atoms with van der Waals surface area (Å²) in [6, 6.07) is 13.1. The zero-order valence-electron chi connectivity index (χ0n) is 10.6. The van der Waals surface area contributed by atoms with Crippen LogP contribution in [-0.4, -0.2) is 18.8 Å². The Morgan fingerprint density at radius 2 is 1.40 bits per heavy atom. The van der Waals surface area contributed by atoms with Crippen molar-refractivity contribution in [2.45, 2.75) is 21.6 Å². The summed E-state index contributed by atoms with van der Waals surface area (Å²) in [6.07, 6.45) is 0. The first-order valence-corrected chi connectivity index (χ1v) is 7.98. The minimum Gasteiger partial charge on any atom is -0.295 e. The topological polar surface area (TPSA) is 71.4 Å². The maximum atomic E-state index is 11.2. The molecule has 2 aromatic rings. The fourth-order valence-corrected chi connectivity index (χ4v) is 2.87. The number of rotatable bonds is 4. The lowest BCUT2D eigenvalue weighted by Gasteiger charge is -2.03. The van der Waals surface area contributed by atoms with Gasteiger partial charge in [0.15, 0.2) is 5.78 Å². The molecule has 0 atom stereocenters. The summed E-state index contributed by atoms with van der Waals surface area (Å²) in [5.74, 6) is 0.0130. The van der Waals surface area contributed by atoms with Gasteiger partial charge in [-0.25, -0.2) is 0 Å². The van der Waals surface area contributed by atoms with Crippen LogP contribution in [0.1, 0.15) is 17.3 Å². The molecule has 0 saturated heterocycles. The summed E-state index contributed by atoms with van der Waals surface area (Å²) < 4.78 is 30.7. The molecule has 0 aromatic heterocycles. The van der Waals surface area contributed by atoms with Gasteiger partial charge in [0.1, 0.15) is 0 Å². The Hall–Kier alpha value is -1.63. The van der Waals surface area contributed by atoms with Gasteiger partial charge in [0.25, 0.3) is 10.1 Å². The normalized spacial score (nSPS) is 11.3. The summed E-state index contributed by atoms with van der Waals surface area (Å²) in [5, 5.41) is 0. The average molecular weight is 308 g/mol. The Balaban J connectivity index is 2.16. The fraction of sp³-hybridized carbons (Fsp3) is 0.0714. The van der Waals surface area contributed by atoms with Gasteiger partial charge in [-0.3, -0.25) is 9.35 Å². The number of hydrogen-bond donors (Lipinski definition) is 1. The van der Waals surface area contributed by atoms with Crippen LogP contribution in [0.5, 0.6) is 0 Å². The van der Waals surface area contributed by atoms with Gasteiger partial charge >= 0.3 is 0 Å². The molecule has 0 aliphatic carbocycles. The summed E-state index contributed by atoms with van der Waals surface area (Å²) in [5.41, 5.74) is 0.649. The number of benzene rings is 2. The highest BCUT2D eigenvalue weighted by atomic mass is 32.2. The molecule has 0 heterocycles. The predicted molar refractivity (Wildman–Crippen MR) is 76.8 cm³/mol. The number of carbonyl (C=O) groups is 1.